The summed E-state index contributed by atoms with van der Waals surface area (Å²) in [7, 11) is 0. The zero-order chi connectivity index (χ0) is 13.1. The van der Waals surface area contributed by atoms with Gasteiger partial charge in [-0.1, -0.05) is 30.3 Å². The van der Waals surface area contributed by atoms with Gasteiger partial charge < -0.3 is 10.2 Å². The Kier molecular flexibility index (Phi) is 3.80. The van der Waals surface area contributed by atoms with Crippen molar-refractivity contribution < 1.29 is 4.79 Å². The summed E-state index contributed by atoms with van der Waals surface area (Å²) in [5.41, 5.74) is 1.21. The predicted molar refractivity (Wildman–Crippen MR) is 74.5 cm³/mol. The molecule has 0 spiro atoms. The first-order chi connectivity index (χ1) is 9.33. The number of amides is 1. The van der Waals surface area contributed by atoms with Crippen molar-refractivity contribution in [2.45, 2.75) is 25.4 Å². The molecule has 2 heterocycles. The van der Waals surface area contributed by atoms with Crippen LogP contribution in [0.3, 0.4) is 0 Å². The van der Waals surface area contributed by atoms with Crippen LogP contribution < -0.4 is 5.32 Å². The summed E-state index contributed by atoms with van der Waals surface area (Å²) in [5.74, 6) is 0.266. The maximum atomic E-state index is 12.1. The van der Waals surface area contributed by atoms with Crippen molar-refractivity contribution in [2.24, 2.45) is 0 Å². The zero-order valence-corrected chi connectivity index (χ0v) is 11.2. The molecule has 2 aliphatic heterocycles. The van der Waals surface area contributed by atoms with Crippen LogP contribution in [0.2, 0.25) is 0 Å². The lowest BCUT2D eigenvalue weighted by Crippen LogP contribution is -2.42. The van der Waals surface area contributed by atoms with Gasteiger partial charge in [-0.25, -0.2) is 0 Å². The third-order valence-corrected chi connectivity index (χ3v) is 4.08. The first-order valence-corrected chi connectivity index (χ1v) is 7.09. The molecule has 2 fully saturated rings. The van der Waals surface area contributed by atoms with Gasteiger partial charge in [0, 0.05) is 12.6 Å². The Bertz CT molecular complexity index is 428. The van der Waals surface area contributed by atoms with E-state index in [0.29, 0.717) is 12.6 Å². The van der Waals surface area contributed by atoms with Crippen molar-refractivity contribution in [2.75, 3.05) is 26.3 Å². The molecule has 0 atom stereocenters. The van der Waals surface area contributed by atoms with Gasteiger partial charge in [0.2, 0.25) is 5.91 Å². The van der Waals surface area contributed by atoms with E-state index in [9.17, 15) is 4.79 Å². The van der Waals surface area contributed by atoms with E-state index in [1.54, 1.807) is 0 Å². The third-order valence-electron chi connectivity index (χ3n) is 4.08. The fraction of sp³-hybridized carbons (Fsp3) is 0.533. The maximum absolute atomic E-state index is 12.1. The van der Waals surface area contributed by atoms with Gasteiger partial charge in [-0.05, 0) is 31.5 Å². The summed E-state index contributed by atoms with van der Waals surface area (Å²) in [6, 6.07) is 10.8. The van der Waals surface area contributed by atoms with Crippen LogP contribution in [-0.2, 0) is 11.3 Å². The summed E-state index contributed by atoms with van der Waals surface area (Å²) < 4.78 is 0. The number of nitrogens with one attached hydrogen (secondary N) is 1. The smallest absolute Gasteiger partial charge is 0.238 e. The van der Waals surface area contributed by atoms with Crippen LogP contribution in [0.25, 0.3) is 0 Å². The van der Waals surface area contributed by atoms with Crippen LogP contribution in [0.15, 0.2) is 30.3 Å². The number of hydrogen-bond donors (Lipinski definition) is 1. The monoisotopic (exact) mass is 259 g/mol. The lowest BCUT2D eigenvalue weighted by atomic mass is 10.1. The molecule has 0 unspecified atom stereocenters. The molecule has 4 heteroatoms. The third kappa shape index (κ3) is 2.96. The van der Waals surface area contributed by atoms with E-state index in [2.05, 4.69) is 22.3 Å². The van der Waals surface area contributed by atoms with Crippen LogP contribution in [0, 0.1) is 0 Å². The van der Waals surface area contributed by atoms with Gasteiger partial charge >= 0.3 is 0 Å². The predicted octanol–water partition coefficient (Wildman–Crippen LogP) is 1.04. The van der Waals surface area contributed by atoms with Crippen molar-refractivity contribution in [3.63, 3.8) is 0 Å². The second-order valence-electron chi connectivity index (χ2n) is 5.45. The topological polar surface area (TPSA) is 35.6 Å². The van der Waals surface area contributed by atoms with Crippen molar-refractivity contribution in [1.82, 2.24) is 15.1 Å². The average molecular weight is 259 g/mol. The molecule has 102 valence electrons. The molecule has 1 aromatic carbocycles. The molecule has 1 N–H and O–H groups in total. The molecular formula is C15H21N3O. The van der Waals surface area contributed by atoms with Crippen LogP contribution in [-0.4, -0.2) is 48.1 Å². The summed E-state index contributed by atoms with van der Waals surface area (Å²) >= 11 is 0. The molecule has 3 rings (SSSR count). The van der Waals surface area contributed by atoms with E-state index in [0.717, 1.165) is 39.1 Å². The molecule has 0 aromatic heterocycles. The van der Waals surface area contributed by atoms with Gasteiger partial charge in [0.15, 0.2) is 0 Å². The quantitative estimate of drug-likeness (QED) is 0.881. The SMILES string of the molecule is O=C1CN(C2CCNCC2)CN1Cc1ccccc1. The van der Waals surface area contributed by atoms with E-state index >= 15 is 0 Å². The number of nitrogens with zero attached hydrogens (tertiary/aromatic N) is 2. The van der Waals surface area contributed by atoms with Gasteiger partial charge in [0.05, 0.1) is 13.2 Å². The number of carbonyl (C=O) groups is 1. The van der Waals surface area contributed by atoms with Crippen LogP contribution >= 0.6 is 0 Å². The lowest BCUT2D eigenvalue weighted by Gasteiger charge is -2.30. The molecule has 0 saturated carbocycles. The molecule has 0 aliphatic carbocycles. The minimum Gasteiger partial charge on any atom is -0.324 e. The van der Waals surface area contributed by atoms with E-state index in [-0.39, 0.29) is 5.91 Å². The molecule has 1 aromatic rings. The normalized spacial score (nSPS) is 22.1. The Morgan fingerprint density at radius 2 is 1.89 bits per heavy atom. The molecular weight excluding hydrogens is 238 g/mol. The summed E-state index contributed by atoms with van der Waals surface area (Å²) in [6.07, 6.45) is 2.32. The van der Waals surface area contributed by atoms with Crippen molar-refractivity contribution in [1.29, 1.82) is 0 Å². The first kappa shape index (κ1) is 12.6. The van der Waals surface area contributed by atoms with Gasteiger partial charge in [0.1, 0.15) is 0 Å². The number of carbonyl (C=O) groups excluding carboxylic acids is 1. The molecule has 4 nitrogen and oxygen atoms in total. The highest BCUT2D eigenvalue weighted by Crippen LogP contribution is 2.19. The standard InChI is InChI=1S/C15H21N3O/c19-15-11-17(14-6-8-16-9-7-14)12-18(15)10-13-4-2-1-3-5-13/h1-5,14,16H,6-12H2. The van der Waals surface area contributed by atoms with Gasteiger partial charge in [0.25, 0.3) is 0 Å². The second-order valence-corrected chi connectivity index (χ2v) is 5.45. The van der Waals surface area contributed by atoms with Crippen LogP contribution in [0.1, 0.15) is 18.4 Å². The minimum absolute atomic E-state index is 0.266. The summed E-state index contributed by atoms with van der Waals surface area (Å²) in [5, 5.41) is 3.38. The maximum Gasteiger partial charge on any atom is 0.238 e. The van der Waals surface area contributed by atoms with Crippen LogP contribution in [0.4, 0.5) is 0 Å². The Hall–Kier alpha value is -1.39. The van der Waals surface area contributed by atoms with Crippen molar-refractivity contribution in [3.8, 4) is 0 Å². The number of hydrogen-bond acceptors (Lipinski definition) is 3. The molecule has 0 radical (unpaired) electrons. The highest BCUT2D eigenvalue weighted by atomic mass is 16.2. The fourth-order valence-corrected chi connectivity index (χ4v) is 2.98. The van der Waals surface area contributed by atoms with Gasteiger partial charge in [-0.15, -0.1) is 0 Å². The average Bonchev–Trinajstić information content (AvgIpc) is 2.82. The van der Waals surface area contributed by atoms with Crippen molar-refractivity contribution in [3.05, 3.63) is 35.9 Å². The van der Waals surface area contributed by atoms with Gasteiger partial charge in [-0.3, -0.25) is 9.69 Å². The minimum atomic E-state index is 0.266. The second kappa shape index (κ2) is 5.72. The zero-order valence-electron chi connectivity index (χ0n) is 11.2. The lowest BCUT2D eigenvalue weighted by molar-refractivity contribution is -0.127. The first-order valence-electron chi connectivity index (χ1n) is 7.09. The van der Waals surface area contributed by atoms with E-state index < -0.39 is 0 Å². The Labute approximate surface area is 114 Å². The highest BCUT2D eigenvalue weighted by Gasteiger charge is 2.32. The Morgan fingerprint density at radius 1 is 1.16 bits per heavy atom. The van der Waals surface area contributed by atoms with E-state index in [1.807, 2.05) is 23.1 Å². The fourth-order valence-electron chi connectivity index (χ4n) is 2.98. The molecule has 19 heavy (non-hydrogen) atoms. The number of rotatable bonds is 3. The highest BCUT2D eigenvalue weighted by molar-refractivity contribution is 5.80. The summed E-state index contributed by atoms with van der Waals surface area (Å²) in [6.45, 7) is 4.28. The Morgan fingerprint density at radius 3 is 2.63 bits per heavy atom. The Balaban J connectivity index is 1.60. The number of piperidine rings is 1. The van der Waals surface area contributed by atoms with Crippen LogP contribution in [0.5, 0.6) is 0 Å². The molecule has 0 bridgehead atoms. The summed E-state index contributed by atoms with van der Waals surface area (Å²) in [4.78, 5) is 16.4. The van der Waals surface area contributed by atoms with E-state index in [1.165, 1.54) is 5.56 Å². The van der Waals surface area contributed by atoms with Gasteiger partial charge in [-0.2, -0.15) is 0 Å². The molecule has 1 amide bonds. The van der Waals surface area contributed by atoms with E-state index in [4.69, 9.17) is 0 Å². The largest absolute Gasteiger partial charge is 0.324 e. The van der Waals surface area contributed by atoms with Crippen molar-refractivity contribution >= 4 is 5.91 Å². The molecule has 2 saturated heterocycles. The molecule has 2 aliphatic rings. The number of benzene rings is 1.